The Bertz CT molecular complexity index is 986. The zero-order valence-electron chi connectivity index (χ0n) is 16.8. The van der Waals surface area contributed by atoms with E-state index in [4.69, 9.17) is 21.1 Å². The maximum absolute atomic E-state index is 12.7. The lowest BCUT2D eigenvalue weighted by molar-refractivity contribution is -0.140. The molecule has 1 N–H and O–H groups in total. The maximum Gasteiger partial charge on any atom is 0.426 e. The molecule has 164 valence electrons. The highest BCUT2D eigenvalue weighted by atomic mass is 35.5. The molecule has 3 rings (SSSR count). The molecule has 1 unspecified atom stereocenters. The summed E-state index contributed by atoms with van der Waals surface area (Å²) in [6.07, 6.45) is -6.33. The zero-order chi connectivity index (χ0) is 22.8. The Morgan fingerprint density at radius 3 is 2.42 bits per heavy atom. The average molecular weight is 452 g/mol. The van der Waals surface area contributed by atoms with Crippen molar-refractivity contribution in [3.05, 3.63) is 71.3 Å². The minimum absolute atomic E-state index is 0.453. The number of aliphatic hydroxyl groups excluding tert-OH is 1. The van der Waals surface area contributed by atoms with Crippen LogP contribution in [-0.4, -0.2) is 17.6 Å². The predicted molar refractivity (Wildman–Crippen MR) is 109 cm³/mol. The molecule has 0 aromatic heterocycles. The number of benzene rings is 2. The number of hydrogen-bond donors (Lipinski definition) is 1. The molecular weight excluding hydrogens is 431 g/mol. The number of alkyl halides is 3. The molecule has 31 heavy (non-hydrogen) atoms. The van der Waals surface area contributed by atoms with Crippen molar-refractivity contribution in [3.8, 4) is 17.6 Å². The fourth-order valence-corrected chi connectivity index (χ4v) is 3.74. The molecule has 0 amide bonds. The number of allylic oxidation sites excluding steroid dienone is 2. The second-order valence-electron chi connectivity index (χ2n) is 7.91. The van der Waals surface area contributed by atoms with Gasteiger partial charge in [0.05, 0.1) is 6.07 Å². The van der Waals surface area contributed by atoms with Gasteiger partial charge in [-0.2, -0.15) is 18.4 Å². The van der Waals surface area contributed by atoms with Crippen molar-refractivity contribution in [2.75, 3.05) is 0 Å². The van der Waals surface area contributed by atoms with Crippen molar-refractivity contribution in [1.82, 2.24) is 0 Å². The Kier molecular flexibility index (Phi) is 6.65. The molecule has 1 fully saturated rings. The molecule has 2 aromatic carbocycles. The highest BCUT2D eigenvalue weighted by Crippen LogP contribution is 2.62. The summed E-state index contributed by atoms with van der Waals surface area (Å²) in [5, 5.41) is 18.8. The third-order valence-corrected chi connectivity index (χ3v) is 5.77. The molecule has 1 aliphatic rings. The van der Waals surface area contributed by atoms with Crippen LogP contribution in [-0.2, 0) is 4.74 Å². The summed E-state index contributed by atoms with van der Waals surface area (Å²) in [7, 11) is 0. The van der Waals surface area contributed by atoms with Crippen molar-refractivity contribution < 1.29 is 27.8 Å². The molecule has 1 aliphatic carbocycles. The van der Waals surface area contributed by atoms with E-state index in [0.29, 0.717) is 17.1 Å². The van der Waals surface area contributed by atoms with Crippen molar-refractivity contribution in [1.29, 1.82) is 5.26 Å². The maximum atomic E-state index is 12.7. The van der Waals surface area contributed by atoms with Crippen molar-refractivity contribution >= 4 is 11.6 Å². The molecule has 0 bridgehead atoms. The normalized spacial score (nSPS) is 22.3. The number of halogens is 4. The van der Waals surface area contributed by atoms with E-state index in [2.05, 4.69) is 0 Å². The first-order valence-electron chi connectivity index (χ1n) is 9.54. The fourth-order valence-electron chi connectivity index (χ4n) is 3.61. The van der Waals surface area contributed by atoms with E-state index in [1.807, 2.05) is 24.3 Å². The van der Waals surface area contributed by atoms with E-state index in [0.717, 1.165) is 6.08 Å². The molecule has 2 aromatic rings. The SMILES string of the molecule is CC1(C)[C@H](C(O)O[C@H](C#N)c2cccc(Oc3ccccc3)c2)[C@@H]1/C=C(\Cl)C(F)(F)F. The zero-order valence-corrected chi connectivity index (χ0v) is 17.6. The lowest BCUT2D eigenvalue weighted by Crippen LogP contribution is -2.20. The average Bonchev–Trinajstić information content (AvgIpc) is 3.26. The molecule has 0 saturated heterocycles. The summed E-state index contributed by atoms with van der Waals surface area (Å²) < 4.78 is 49.5. The number of para-hydroxylation sites is 1. The van der Waals surface area contributed by atoms with Gasteiger partial charge in [-0.25, -0.2) is 0 Å². The lowest BCUT2D eigenvalue weighted by Gasteiger charge is -2.18. The van der Waals surface area contributed by atoms with Gasteiger partial charge in [0, 0.05) is 5.92 Å². The molecule has 4 nitrogen and oxygen atoms in total. The van der Waals surface area contributed by atoms with Crippen LogP contribution in [0.3, 0.4) is 0 Å². The molecule has 0 radical (unpaired) electrons. The number of nitrogens with zero attached hydrogens (tertiary/aromatic N) is 1. The van der Waals surface area contributed by atoms with Crippen LogP contribution in [0.4, 0.5) is 13.2 Å². The molecule has 4 atom stereocenters. The van der Waals surface area contributed by atoms with E-state index in [1.165, 1.54) is 0 Å². The molecule has 0 aliphatic heterocycles. The van der Waals surface area contributed by atoms with E-state index in [1.54, 1.807) is 50.2 Å². The molecule has 1 saturated carbocycles. The lowest BCUT2D eigenvalue weighted by atomic mass is 10.1. The van der Waals surface area contributed by atoms with Gasteiger partial charge in [-0.3, -0.25) is 0 Å². The topological polar surface area (TPSA) is 62.5 Å². The third kappa shape index (κ3) is 5.40. The van der Waals surface area contributed by atoms with Crippen molar-refractivity contribution in [2.24, 2.45) is 17.3 Å². The van der Waals surface area contributed by atoms with Crippen LogP contribution in [0.15, 0.2) is 65.7 Å². The number of ether oxygens (including phenoxy) is 2. The van der Waals surface area contributed by atoms with Crippen molar-refractivity contribution in [3.63, 3.8) is 0 Å². The molecular formula is C23H21ClF3NO3. The minimum Gasteiger partial charge on any atom is -0.457 e. The highest BCUT2D eigenvalue weighted by molar-refractivity contribution is 6.30. The van der Waals surface area contributed by atoms with Gasteiger partial charge in [-0.05, 0) is 41.2 Å². The smallest absolute Gasteiger partial charge is 0.426 e. The van der Waals surface area contributed by atoms with Crippen LogP contribution >= 0.6 is 11.6 Å². The second kappa shape index (κ2) is 8.91. The van der Waals surface area contributed by atoms with Crippen LogP contribution in [0.25, 0.3) is 0 Å². The minimum atomic E-state index is -4.65. The Morgan fingerprint density at radius 2 is 1.81 bits per heavy atom. The van der Waals surface area contributed by atoms with E-state index >= 15 is 0 Å². The summed E-state index contributed by atoms with van der Waals surface area (Å²) in [5.41, 5.74) is -0.211. The van der Waals surface area contributed by atoms with Gasteiger partial charge in [0.1, 0.15) is 16.5 Å². The number of rotatable bonds is 7. The first-order chi connectivity index (χ1) is 14.5. The Balaban J connectivity index is 1.71. The number of aliphatic hydroxyl groups is 1. The summed E-state index contributed by atoms with van der Waals surface area (Å²) in [6.45, 7) is 3.42. The van der Waals surface area contributed by atoms with Gasteiger partial charge >= 0.3 is 6.18 Å². The molecule has 0 spiro atoms. The summed E-state index contributed by atoms with van der Waals surface area (Å²) in [5.74, 6) is -0.177. The van der Waals surface area contributed by atoms with Crippen LogP contribution in [0.5, 0.6) is 11.5 Å². The third-order valence-electron chi connectivity index (χ3n) is 5.43. The van der Waals surface area contributed by atoms with Crippen LogP contribution in [0, 0.1) is 28.6 Å². The van der Waals surface area contributed by atoms with Crippen LogP contribution in [0.2, 0.25) is 0 Å². The van der Waals surface area contributed by atoms with Gasteiger partial charge in [0.25, 0.3) is 0 Å². The van der Waals surface area contributed by atoms with Gasteiger partial charge < -0.3 is 14.6 Å². The Morgan fingerprint density at radius 1 is 1.16 bits per heavy atom. The Labute approximate surface area is 183 Å². The first-order valence-corrected chi connectivity index (χ1v) is 9.92. The number of hydrogen-bond acceptors (Lipinski definition) is 4. The van der Waals surface area contributed by atoms with Gasteiger partial charge in [0.15, 0.2) is 12.4 Å². The molecule has 8 heteroatoms. The van der Waals surface area contributed by atoms with Crippen LogP contribution < -0.4 is 4.74 Å². The van der Waals surface area contributed by atoms with Crippen molar-refractivity contribution in [2.45, 2.75) is 32.4 Å². The van der Waals surface area contributed by atoms with E-state index in [-0.39, 0.29) is 0 Å². The Hall–Kier alpha value is -2.53. The standard InChI is InChI=1S/C23H21ClF3NO3/c1-22(2)17(12-19(24)23(25,26)27)20(22)21(29)31-18(13-28)14-7-6-10-16(11-14)30-15-8-4-3-5-9-15/h3-12,17-18,20-21,29H,1-2H3/b19-12-/t17-,18+,20-,21?/m0/s1. The van der Waals surface area contributed by atoms with E-state index in [9.17, 15) is 23.5 Å². The van der Waals surface area contributed by atoms with Gasteiger partial charge in [-0.15, -0.1) is 0 Å². The fraction of sp³-hybridized carbons (Fsp3) is 0.348. The van der Waals surface area contributed by atoms with Crippen LogP contribution in [0.1, 0.15) is 25.5 Å². The highest BCUT2D eigenvalue weighted by Gasteiger charge is 2.61. The van der Waals surface area contributed by atoms with Gasteiger partial charge in [0.2, 0.25) is 0 Å². The largest absolute Gasteiger partial charge is 0.457 e. The van der Waals surface area contributed by atoms with Gasteiger partial charge in [-0.1, -0.05) is 61.9 Å². The first kappa shape index (κ1) is 23.1. The predicted octanol–water partition coefficient (Wildman–Crippen LogP) is 6.34. The monoisotopic (exact) mass is 451 g/mol. The summed E-state index contributed by atoms with van der Waals surface area (Å²) >= 11 is 5.35. The second-order valence-corrected chi connectivity index (χ2v) is 8.32. The summed E-state index contributed by atoms with van der Waals surface area (Å²) in [6, 6.07) is 17.7. The summed E-state index contributed by atoms with van der Waals surface area (Å²) in [4.78, 5) is 0. The van der Waals surface area contributed by atoms with E-state index < -0.39 is 40.9 Å². The molecule has 0 heterocycles. The number of nitriles is 1. The quantitative estimate of drug-likeness (QED) is 0.499.